The van der Waals surface area contributed by atoms with Gasteiger partial charge in [0.1, 0.15) is 11.9 Å². The minimum absolute atomic E-state index is 0.596. The third-order valence-electron chi connectivity index (χ3n) is 2.37. The maximum Gasteiger partial charge on any atom is 0.148 e. The summed E-state index contributed by atoms with van der Waals surface area (Å²) in [7, 11) is 0. The van der Waals surface area contributed by atoms with Gasteiger partial charge >= 0.3 is 0 Å². The summed E-state index contributed by atoms with van der Waals surface area (Å²) in [5.74, 6) is 0.746. The van der Waals surface area contributed by atoms with E-state index in [4.69, 9.17) is 5.26 Å². The summed E-state index contributed by atoms with van der Waals surface area (Å²) in [6.45, 7) is 0. The van der Waals surface area contributed by atoms with E-state index in [0.29, 0.717) is 5.56 Å². The van der Waals surface area contributed by atoms with Gasteiger partial charge in [0.2, 0.25) is 0 Å². The van der Waals surface area contributed by atoms with E-state index in [1.54, 1.807) is 29.9 Å². The average Bonchev–Trinajstić information content (AvgIpc) is 2.99. The molecule has 3 aromatic rings. The molecule has 0 radical (unpaired) electrons. The molecule has 0 saturated carbocycles. The van der Waals surface area contributed by atoms with Crippen molar-refractivity contribution in [3.63, 3.8) is 0 Å². The number of aromatic nitrogens is 3. The van der Waals surface area contributed by atoms with Crippen molar-refractivity contribution in [1.29, 1.82) is 5.26 Å². The van der Waals surface area contributed by atoms with Gasteiger partial charge in [-0.15, -0.1) is 11.3 Å². The molecule has 0 aromatic carbocycles. The number of nitriles is 1. The highest BCUT2D eigenvalue weighted by molar-refractivity contribution is 7.17. The zero-order valence-electron chi connectivity index (χ0n) is 8.64. The second-order valence-corrected chi connectivity index (χ2v) is 4.32. The Balaban J connectivity index is 2.12. The zero-order valence-corrected chi connectivity index (χ0v) is 9.45. The van der Waals surface area contributed by atoms with Crippen molar-refractivity contribution in [2.45, 2.75) is 0 Å². The zero-order chi connectivity index (χ0) is 11.7. The number of pyridine rings is 1. The molecule has 3 heterocycles. The van der Waals surface area contributed by atoms with E-state index in [-0.39, 0.29) is 0 Å². The second-order valence-electron chi connectivity index (χ2n) is 3.41. The maximum absolute atomic E-state index is 8.98. The molecular formula is C11H7N5S. The quantitative estimate of drug-likeness (QED) is 0.723. The van der Waals surface area contributed by atoms with E-state index in [9.17, 15) is 0 Å². The highest BCUT2D eigenvalue weighted by Gasteiger charge is 2.08. The van der Waals surface area contributed by atoms with Crippen molar-refractivity contribution in [1.82, 2.24) is 15.2 Å². The number of thiophene rings is 1. The van der Waals surface area contributed by atoms with Crippen LogP contribution in [0.15, 0.2) is 30.0 Å². The molecule has 0 spiro atoms. The number of H-pyrrole nitrogens is 1. The first-order valence-corrected chi connectivity index (χ1v) is 5.78. The van der Waals surface area contributed by atoms with Crippen LogP contribution in [-0.4, -0.2) is 15.2 Å². The number of aromatic amines is 1. The van der Waals surface area contributed by atoms with Gasteiger partial charge in [0.15, 0.2) is 0 Å². The van der Waals surface area contributed by atoms with Crippen LogP contribution in [0.3, 0.4) is 0 Å². The van der Waals surface area contributed by atoms with Crippen molar-refractivity contribution < 1.29 is 0 Å². The SMILES string of the molecule is N#Cc1cnc(Nc2cn[nH]c2)c2sccc12. The van der Waals surface area contributed by atoms with E-state index in [1.807, 2.05) is 11.4 Å². The molecule has 0 amide bonds. The van der Waals surface area contributed by atoms with Crippen molar-refractivity contribution in [3.8, 4) is 6.07 Å². The van der Waals surface area contributed by atoms with Gasteiger partial charge < -0.3 is 5.32 Å². The smallest absolute Gasteiger partial charge is 0.148 e. The third-order valence-corrected chi connectivity index (χ3v) is 3.30. The Kier molecular flexibility index (Phi) is 2.24. The number of nitrogens with zero attached hydrogens (tertiary/aromatic N) is 3. The summed E-state index contributed by atoms with van der Waals surface area (Å²) in [4.78, 5) is 4.26. The Hall–Kier alpha value is -2.39. The number of hydrogen-bond donors (Lipinski definition) is 2. The molecule has 0 saturated heterocycles. The van der Waals surface area contributed by atoms with Crippen LogP contribution in [0.4, 0.5) is 11.5 Å². The van der Waals surface area contributed by atoms with Crippen molar-refractivity contribution >= 4 is 32.9 Å². The van der Waals surface area contributed by atoms with Crippen molar-refractivity contribution in [2.75, 3.05) is 5.32 Å². The van der Waals surface area contributed by atoms with Crippen molar-refractivity contribution in [3.05, 3.63) is 35.6 Å². The van der Waals surface area contributed by atoms with Gasteiger partial charge in [-0.2, -0.15) is 10.4 Å². The first-order valence-electron chi connectivity index (χ1n) is 4.90. The van der Waals surface area contributed by atoms with E-state index >= 15 is 0 Å². The molecule has 17 heavy (non-hydrogen) atoms. The monoisotopic (exact) mass is 241 g/mol. The van der Waals surface area contributed by atoms with Crippen molar-refractivity contribution in [2.24, 2.45) is 0 Å². The predicted octanol–water partition coefficient (Wildman–Crippen LogP) is 2.63. The molecule has 3 aromatic heterocycles. The number of fused-ring (bicyclic) bond motifs is 1. The fraction of sp³-hybridized carbons (Fsp3) is 0. The van der Waals surface area contributed by atoms with Gasteiger partial charge in [-0.05, 0) is 11.4 Å². The lowest BCUT2D eigenvalue weighted by atomic mass is 10.2. The normalized spacial score (nSPS) is 10.3. The van der Waals surface area contributed by atoms with E-state index in [2.05, 4.69) is 26.6 Å². The van der Waals surface area contributed by atoms with Gasteiger partial charge in [-0.1, -0.05) is 0 Å². The van der Waals surface area contributed by atoms with Gasteiger partial charge in [0.05, 0.1) is 22.1 Å². The summed E-state index contributed by atoms with van der Waals surface area (Å²) in [5.41, 5.74) is 1.44. The third kappa shape index (κ3) is 1.62. The summed E-state index contributed by atoms with van der Waals surface area (Å²) < 4.78 is 0.977. The van der Waals surface area contributed by atoms with Crippen LogP contribution in [0.1, 0.15) is 5.56 Å². The highest BCUT2D eigenvalue weighted by Crippen LogP contribution is 2.30. The highest BCUT2D eigenvalue weighted by atomic mass is 32.1. The van der Waals surface area contributed by atoms with E-state index in [0.717, 1.165) is 21.6 Å². The van der Waals surface area contributed by atoms with E-state index < -0.39 is 0 Å². The predicted molar refractivity (Wildman–Crippen MR) is 66.2 cm³/mol. The summed E-state index contributed by atoms with van der Waals surface area (Å²) >= 11 is 1.56. The molecule has 6 heteroatoms. The number of nitrogens with one attached hydrogen (secondary N) is 2. The molecule has 0 atom stereocenters. The summed E-state index contributed by atoms with van der Waals surface area (Å²) in [6.07, 6.45) is 5.01. The molecule has 0 aliphatic carbocycles. The summed E-state index contributed by atoms with van der Waals surface area (Å²) in [5, 5.41) is 21.6. The Morgan fingerprint density at radius 1 is 1.41 bits per heavy atom. The first kappa shape index (κ1) is 9.81. The van der Waals surface area contributed by atoms with Gasteiger partial charge in [0, 0.05) is 17.8 Å². The average molecular weight is 241 g/mol. The lowest BCUT2D eigenvalue weighted by Crippen LogP contribution is -1.93. The standard InChI is InChI=1S/C11H7N5S/c12-3-7-4-13-11(10-9(7)1-2-17-10)16-8-5-14-15-6-8/h1-2,4-6H,(H,13,16)(H,14,15). The van der Waals surface area contributed by atoms with Crippen LogP contribution in [0, 0.1) is 11.3 Å². The molecule has 82 valence electrons. The number of anilines is 2. The first-order chi connectivity index (χ1) is 8.38. The Labute approximate surface area is 101 Å². The van der Waals surface area contributed by atoms with Crippen LogP contribution < -0.4 is 5.32 Å². The van der Waals surface area contributed by atoms with Crippen LogP contribution in [-0.2, 0) is 0 Å². The molecule has 0 aliphatic heterocycles. The molecule has 3 rings (SSSR count). The van der Waals surface area contributed by atoms with Crippen LogP contribution >= 0.6 is 11.3 Å². The molecule has 5 nitrogen and oxygen atoms in total. The lowest BCUT2D eigenvalue weighted by Gasteiger charge is -2.04. The number of rotatable bonds is 2. The topological polar surface area (TPSA) is 77.4 Å². The Bertz CT molecular complexity index is 692. The molecule has 0 fully saturated rings. The summed E-state index contributed by atoms with van der Waals surface area (Å²) in [6, 6.07) is 4.07. The second kappa shape index (κ2) is 3.88. The molecule has 0 aliphatic rings. The van der Waals surface area contributed by atoms with Crippen LogP contribution in [0.25, 0.3) is 10.1 Å². The minimum atomic E-state index is 0.596. The lowest BCUT2D eigenvalue weighted by molar-refractivity contribution is 1.09. The molecule has 0 unspecified atom stereocenters. The largest absolute Gasteiger partial charge is 0.336 e. The minimum Gasteiger partial charge on any atom is -0.336 e. The van der Waals surface area contributed by atoms with Crippen LogP contribution in [0.2, 0.25) is 0 Å². The van der Waals surface area contributed by atoms with E-state index in [1.165, 1.54) is 0 Å². The maximum atomic E-state index is 8.98. The molecule has 2 N–H and O–H groups in total. The Morgan fingerprint density at radius 3 is 3.12 bits per heavy atom. The van der Waals surface area contributed by atoms with Gasteiger partial charge in [0.25, 0.3) is 0 Å². The molecule has 0 bridgehead atoms. The van der Waals surface area contributed by atoms with Gasteiger partial charge in [-0.25, -0.2) is 4.98 Å². The Morgan fingerprint density at radius 2 is 2.35 bits per heavy atom. The fourth-order valence-corrected chi connectivity index (χ4v) is 2.46. The number of hydrogen-bond acceptors (Lipinski definition) is 5. The van der Waals surface area contributed by atoms with Crippen LogP contribution in [0.5, 0.6) is 0 Å². The molecular weight excluding hydrogens is 234 g/mol. The van der Waals surface area contributed by atoms with Gasteiger partial charge in [-0.3, -0.25) is 5.10 Å². The fourth-order valence-electron chi connectivity index (χ4n) is 1.60.